The minimum atomic E-state index is -3.54. The molecule has 0 aromatic carbocycles. The van der Waals surface area contributed by atoms with Crippen molar-refractivity contribution in [3.05, 3.63) is 55.8 Å². The van der Waals surface area contributed by atoms with E-state index in [0.717, 1.165) is 20.7 Å². The second-order valence-corrected chi connectivity index (χ2v) is 10.6. The fourth-order valence-electron chi connectivity index (χ4n) is 2.47. The summed E-state index contributed by atoms with van der Waals surface area (Å²) in [7, 11) is -3.54. The van der Waals surface area contributed by atoms with Crippen LogP contribution in [0.3, 0.4) is 0 Å². The maximum absolute atomic E-state index is 12.5. The summed E-state index contributed by atoms with van der Waals surface area (Å²) in [5.41, 5.74) is 2.96. The molecule has 1 N–H and O–H groups in total. The van der Waals surface area contributed by atoms with Crippen molar-refractivity contribution in [1.82, 2.24) is 14.5 Å². The average molecular weight is 446 g/mol. The molecule has 0 saturated heterocycles. The van der Waals surface area contributed by atoms with E-state index in [1.165, 1.54) is 11.3 Å². The number of nitrogens with zero attached hydrogens (tertiary/aromatic N) is 2. The zero-order chi connectivity index (χ0) is 17.3. The molecule has 0 saturated carbocycles. The maximum Gasteiger partial charge on any atom is 0.250 e. The molecule has 1 unspecified atom stereocenters. The van der Waals surface area contributed by atoms with Crippen molar-refractivity contribution in [3.8, 4) is 0 Å². The second-order valence-electron chi connectivity index (χ2n) is 5.35. The number of hydrogen-bond donors (Lipinski definition) is 1. The summed E-state index contributed by atoms with van der Waals surface area (Å²) in [6, 6.07) is 7.14. The molecule has 5 nitrogen and oxygen atoms in total. The van der Waals surface area contributed by atoms with Crippen molar-refractivity contribution < 1.29 is 8.42 Å². The molecule has 3 aromatic rings. The zero-order valence-corrected chi connectivity index (χ0v) is 17.1. The van der Waals surface area contributed by atoms with Crippen LogP contribution in [0.4, 0.5) is 0 Å². The van der Waals surface area contributed by atoms with E-state index in [1.807, 2.05) is 41.4 Å². The van der Waals surface area contributed by atoms with E-state index in [9.17, 15) is 8.42 Å². The van der Waals surface area contributed by atoms with Gasteiger partial charge in [-0.15, -0.1) is 11.3 Å². The Kier molecular flexibility index (Phi) is 5.26. The van der Waals surface area contributed by atoms with Crippen molar-refractivity contribution in [2.24, 2.45) is 0 Å². The summed E-state index contributed by atoms with van der Waals surface area (Å²) in [5.74, 6) is 0. The highest BCUT2D eigenvalue weighted by atomic mass is 79.9. The van der Waals surface area contributed by atoms with Gasteiger partial charge in [-0.1, -0.05) is 0 Å². The molecule has 0 amide bonds. The van der Waals surface area contributed by atoms with Gasteiger partial charge in [-0.2, -0.15) is 16.4 Å². The first-order valence-electron chi connectivity index (χ1n) is 7.16. The molecule has 0 aliphatic rings. The lowest BCUT2D eigenvalue weighted by Gasteiger charge is -2.19. The van der Waals surface area contributed by atoms with Crippen LogP contribution < -0.4 is 4.72 Å². The van der Waals surface area contributed by atoms with E-state index in [0.29, 0.717) is 4.21 Å². The van der Waals surface area contributed by atoms with Gasteiger partial charge in [-0.25, -0.2) is 13.1 Å². The predicted octanol–water partition coefficient (Wildman–Crippen LogP) is 3.95. The van der Waals surface area contributed by atoms with Gasteiger partial charge < -0.3 is 0 Å². The zero-order valence-electron chi connectivity index (χ0n) is 13.1. The topological polar surface area (TPSA) is 64.0 Å². The van der Waals surface area contributed by atoms with E-state index >= 15 is 0 Å². The van der Waals surface area contributed by atoms with Crippen LogP contribution in [0.15, 0.2) is 43.0 Å². The number of aromatic nitrogens is 2. The third-order valence-electron chi connectivity index (χ3n) is 3.55. The lowest BCUT2D eigenvalue weighted by molar-refractivity contribution is 0.495. The first-order chi connectivity index (χ1) is 11.4. The van der Waals surface area contributed by atoms with E-state index in [-0.39, 0.29) is 12.6 Å². The molecular formula is C15H16BrN3O2S3. The van der Waals surface area contributed by atoms with E-state index in [1.54, 1.807) is 23.5 Å². The Bertz CT molecular complexity index is 929. The lowest BCUT2D eigenvalue weighted by Crippen LogP contribution is -2.31. The number of halogens is 1. The number of rotatable bonds is 6. The molecule has 24 heavy (non-hydrogen) atoms. The van der Waals surface area contributed by atoms with Gasteiger partial charge >= 0.3 is 0 Å². The van der Waals surface area contributed by atoms with Crippen LogP contribution in [0.2, 0.25) is 0 Å². The quantitative estimate of drug-likeness (QED) is 0.624. The third-order valence-corrected chi connectivity index (χ3v) is 7.79. The first-order valence-corrected chi connectivity index (χ1v) is 11.2. The van der Waals surface area contributed by atoms with Crippen LogP contribution in [-0.4, -0.2) is 24.7 Å². The van der Waals surface area contributed by atoms with Crippen molar-refractivity contribution in [3.63, 3.8) is 0 Å². The van der Waals surface area contributed by atoms with Gasteiger partial charge in [-0.05, 0) is 70.4 Å². The summed E-state index contributed by atoms with van der Waals surface area (Å²) in [5, 5.41) is 8.54. The summed E-state index contributed by atoms with van der Waals surface area (Å²) in [4.78, 5) is 0. The molecule has 0 bridgehead atoms. The first kappa shape index (κ1) is 17.8. The Morgan fingerprint density at radius 1 is 1.33 bits per heavy atom. The SMILES string of the molecule is Cc1cc(C)n(C(CNS(=O)(=O)c2ccc(Br)s2)c2ccsc2)n1. The molecule has 3 aromatic heterocycles. The fourth-order valence-corrected chi connectivity index (χ4v) is 6.27. The Hall–Kier alpha value is -1.00. The second kappa shape index (κ2) is 7.09. The van der Waals surface area contributed by atoms with Crippen molar-refractivity contribution >= 4 is 48.6 Å². The third kappa shape index (κ3) is 3.80. The van der Waals surface area contributed by atoms with Gasteiger partial charge in [0.15, 0.2) is 0 Å². The molecule has 0 radical (unpaired) electrons. The summed E-state index contributed by atoms with van der Waals surface area (Å²) >= 11 is 6.08. The van der Waals surface area contributed by atoms with Crippen LogP contribution in [0.5, 0.6) is 0 Å². The van der Waals surface area contributed by atoms with Gasteiger partial charge in [-0.3, -0.25) is 4.68 Å². The van der Waals surface area contributed by atoms with E-state index in [2.05, 4.69) is 25.8 Å². The highest BCUT2D eigenvalue weighted by Gasteiger charge is 2.22. The number of hydrogen-bond acceptors (Lipinski definition) is 5. The molecule has 128 valence electrons. The number of thiophene rings is 2. The minimum absolute atomic E-state index is 0.178. The monoisotopic (exact) mass is 445 g/mol. The molecule has 0 aliphatic carbocycles. The molecule has 0 aliphatic heterocycles. The molecule has 3 rings (SSSR count). The smallest absolute Gasteiger partial charge is 0.250 e. The van der Waals surface area contributed by atoms with Crippen LogP contribution in [-0.2, 0) is 10.0 Å². The highest BCUT2D eigenvalue weighted by molar-refractivity contribution is 9.11. The largest absolute Gasteiger partial charge is 0.261 e. The van der Waals surface area contributed by atoms with Crippen molar-refractivity contribution in [1.29, 1.82) is 0 Å². The highest BCUT2D eigenvalue weighted by Crippen LogP contribution is 2.27. The lowest BCUT2D eigenvalue weighted by atomic mass is 10.1. The van der Waals surface area contributed by atoms with Gasteiger partial charge in [0.2, 0.25) is 10.0 Å². The Morgan fingerprint density at radius 2 is 2.12 bits per heavy atom. The molecule has 1 atom stereocenters. The van der Waals surface area contributed by atoms with Gasteiger partial charge in [0.25, 0.3) is 0 Å². The predicted molar refractivity (Wildman–Crippen MR) is 101 cm³/mol. The molecule has 0 fully saturated rings. The number of nitrogens with one attached hydrogen (secondary N) is 1. The Balaban J connectivity index is 1.87. The normalized spacial score (nSPS) is 13.3. The molecule has 0 spiro atoms. The summed E-state index contributed by atoms with van der Waals surface area (Å²) < 4.78 is 30.7. The van der Waals surface area contributed by atoms with Gasteiger partial charge in [0.1, 0.15) is 4.21 Å². The van der Waals surface area contributed by atoms with Gasteiger partial charge in [0, 0.05) is 12.2 Å². The van der Waals surface area contributed by atoms with Crippen LogP contribution >= 0.6 is 38.6 Å². The van der Waals surface area contributed by atoms with E-state index < -0.39 is 10.0 Å². The average Bonchev–Trinajstić information content (AvgIpc) is 3.22. The van der Waals surface area contributed by atoms with Crippen LogP contribution in [0.1, 0.15) is 23.0 Å². The van der Waals surface area contributed by atoms with E-state index in [4.69, 9.17) is 0 Å². The van der Waals surface area contributed by atoms with Crippen LogP contribution in [0, 0.1) is 13.8 Å². The molecule has 3 heterocycles. The Morgan fingerprint density at radius 3 is 2.67 bits per heavy atom. The number of sulfonamides is 1. The summed E-state index contributed by atoms with van der Waals surface area (Å²) in [6.45, 7) is 4.16. The fraction of sp³-hybridized carbons (Fsp3) is 0.267. The number of aryl methyl sites for hydroxylation is 2. The van der Waals surface area contributed by atoms with Crippen molar-refractivity contribution in [2.45, 2.75) is 24.1 Å². The molecule has 9 heteroatoms. The standard InChI is InChI=1S/C15H16BrN3O2S3/c1-10-7-11(2)19(18-10)13(12-5-6-22-9-12)8-17-24(20,21)15-4-3-14(16)23-15/h3-7,9,13,17H,8H2,1-2H3. The Labute approximate surface area is 157 Å². The maximum atomic E-state index is 12.5. The van der Waals surface area contributed by atoms with Crippen LogP contribution in [0.25, 0.3) is 0 Å². The summed E-state index contributed by atoms with van der Waals surface area (Å²) in [6.07, 6.45) is 0. The van der Waals surface area contributed by atoms with Crippen molar-refractivity contribution in [2.75, 3.05) is 6.54 Å². The van der Waals surface area contributed by atoms with Gasteiger partial charge in [0.05, 0.1) is 15.5 Å². The minimum Gasteiger partial charge on any atom is -0.261 e. The molecular weight excluding hydrogens is 430 g/mol.